The summed E-state index contributed by atoms with van der Waals surface area (Å²) in [5.74, 6) is -0.204. The lowest BCUT2D eigenvalue weighted by molar-refractivity contribution is -0.119. The van der Waals surface area contributed by atoms with Gasteiger partial charge in [-0.2, -0.15) is 0 Å². The Balaban J connectivity index is 1.91. The maximum absolute atomic E-state index is 13.0. The first-order valence-corrected chi connectivity index (χ1v) is 7.66. The fourth-order valence-corrected chi connectivity index (χ4v) is 2.58. The summed E-state index contributed by atoms with van der Waals surface area (Å²) in [5, 5.41) is 7.96. The lowest BCUT2D eigenvalue weighted by Crippen LogP contribution is -2.45. The second kappa shape index (κ2) is 7.89. The molecule has 1 saturated carbocycles. The minimum absolute atomic E-state index is 0.00864. The molecular formula is C16H22FN3O2. The van der Waals surface area contributed by atoms with Gasteiger partial charge in [-0.3, -0.25) is 10.1 Å². The van der Waals surface area contributed by atoms with Gasteiger partial charge < -0.3 is 10.6 Å². The van der Waals surface area contributed by atoms with Gasteiger partial charge in [0.2, 0.25) is 5.91 Å². The molecule has 1 aliphatic rings. The number of amides is 3. The molecule has 1 atom stereocenters. The molecule has 1 aliphatic carbocycles. The summed E-state index contributed by atoms with van der Waals surface area (Å²) in [5.41, 5.74) is 0.969. The molecule has 1 unspecified atom stereocenters. The van der Waals surface area contributed by atoms with Crippen molar-refractivity contribution in [2.24, 2.45) is 5.92 Å². The van der Waals surface area contributed by atoms with Crippen molar-refractivity contribution in [3.63, 3.8) is 0 Å². The van der Waals surface area contributed by atoms with Gasteiger partial charge in [0.15, 0.2) is 0 Å². The van der Waals surface area contributed by atoms with E-state index in [1.165, 1.54) is 18.6 Å². The second-order valence-electron chi connectivity index (χ2n) is 5.51. The van der Waals surface area contributed by atoms with E-state index in [0.717, 1.165) is 18.4 Å². The largest absolute Gasteiger partial charge is 0.338 e. The van der Waals surface area contributed by atoms with E-state index in [-0.39, 0.29) is 24.3 Å². The Labute approximate surface area is 129 Å². The number of nitrogens with one attached hydrogen (secondary N) is 3. The van der Waals surface area contributed by atoms with Crippen LogP contribution in [0.4, 0.5) is 9.18 Å². The number of halogens is 1. The molecule has 2 rings (SSSR count). The minimum Gasteiger partial charge on any atom is -0.338 e. The Morgan fingerprint density at radius 3 is 2.50 bits per heavy atom. The van der Waals surface area contributed by atoms with Crippen molar-refractivity contribution in [1.29, 1.82) is 0 Å². The fraction of sp³-hybridized carbons (Fsp3) is 0.500. The Bertz CT molecular complexity index is 515. The van der Waals surface area contributed by atoms with Crippen LogP contribution in [0.5, 0.6) is 0 Å². The number of hydrogen-bond acceptors (Lipinski definition) is 3. The van der Waals surface area contributed by atoms with Crippen molar-refractivity contribution in [1.82, 2.24) is 16.0 Å². The van der Waals surface area contributed by atoms with Gasteiger partial charge in [-0.15, -0.1) is 0 Å². The number of benzene rings is 1. The van der Waals surface area contributed by atoms with Gasteiger partial charge in [0.25, 0.3) is 0 Å². The molecule has 0 heterocycles. The Morgan fingerprint density at radius 2 is 1.95 bits per heavy atom. The van der Waals surface area contributed by atoms with Gasteiger partial charge in [-0.1, -0.05) is 18.6 Å². The normalized spacial score (nSPS) is 15.7. The lowest BCUT2D eigenvalue weighted by Gasteiger charge is -2.34. The molecule has 0 radical (unpaired) electrons. The smallest absolute Gasteiger partial charge is 0.321 e. The van der Waals surface area contributed by atoms with Gasteiger partial charge in [-0.05, 0) is 43.4 Å². The summed E-state index contributed by atoms with van der Waals surface area (Å²) in [6.45, 7) is 2.30. The maximum atomic E-state index is 13.0. The van der Waals surface area contributed by atoms with Crippen molar-refractivity contribution in [2.75, 3.05) is 13.1 Å². The van der Waals surface area contributed by atoms with Crippen LogP contribution < -0.4 is 16.0 Å². The van der Waals surface area contributed by atoms with Crippen molar-refractivity contribution in [3.8, 4) is 0 Å². The monoisotopic (exact) mass is 307 g/mol. The first-order chi connectivity index (χ1) is 10.6. The highest BCUT2D eigenvalue weighted by Gasteiger charge is 2.28. The van der Waals surface area contributed by atoms with E-state index in [9.17, 15) is 14.0 Å². The number of urea groups is 1. The summed E-state index contributed by atoms with van der Waals surface area (Å²) in [6, 6.07) is 5.86. The maximum Gasteiger partial charge on any atom is 0.321 e. The standard InChI is InChI=1S/C16H22FN3O2/c1-2-18-16(22)20-14(21)10-19-15(11-4-3-5-11)12-6-8-13(17)9-7-12/h6-9,11,15,19H,2-5,10H2,1H3,(H2,18,20,21,22). The average Bonchev–Trinajstić information content (AvgIpc) is 2.42. The summed E-state index contributed by atoms with van der Waals surface area (Å²) >= 11 is 0. The Kier molecular flexibility index (Phi) is 5.89. The van der Waals surface area contributed by atoms with Crippen LogP contribution in [-0.4, -0.2) is 25.0 Å². The lowest BCUT2D eigenvalue weighted by atomic mass is 9.77. The van der Waals surface area contributed by atoms with Gasteiger partial charge in [-0.25, -0.2) is 9.18 Å². The topological polar surface area (TPSA) is 70.2 Å². The summed E-state index contributed by atoms with van der Waals surface area (Å²) < 4.78 is 13.0. The molecule has 0 spiro atoms. The van der Waals surface area contributed by atoms with E-state index in [1.807, 2.05) is 0 Å². The second-order valence-corrected chi connectivity index (χ2v) is 5.51. The number of imide groups is 1. The van der Waals surface area contributed by atoms with Crippen LogP contribution in [0.2, 0.25) is 0 Å². The summed E-state index contributed by atoms with van der Waals surface area (Å²) in [7, 11) is 0. The van der Waals surface area contributed by atoms with Gasteiger partial charge in [0.05, 0.1) is 6.54 Å². The highest BCUT2D eigenvalue weighted by Crippen LogP contribution is 2.37. The zero-order valence-corrected chi connectivity index (χ0v) is 12.7. The highest BCUT2D eigenvalue weighted by atomic mass is 19.1. The summed E-state index contributed by atoms with van der Waals surface area (Å²) in [4.78, 5) is 23.0. The number of rotatable bonds is 6. The van der Waals surface area contributed by atoms with Crippen LogP contribution in [0.15, 0.2) is 24.3 Å². The molecule has 1 aromatic rings. The number of hydrogen-bond donors (Lipinski definition) is 3. The van der Waals surface area contributed by atoms with E-state index in [1.54, 1.807) is 19.1 Å². The van der Waals surface area contributed by atoms with Crippen molar-refractivity contribution in [2.45, 2.75) is 32.2 Å². The van der Waals surface area contributed by atoms with E-state index in [2.05, 4.69) is 16.0 Å². The molecular weight excluding hydrogens is 285 g/mol. The predicted octanol–water partition coefficient (Wildman–Crippen LogP) is 2.10. The van der Waals surface area contributed by atoms with Crippen LogP contribution in [-0.2, 0) is 4.79 Å². The molecule has 1 aromatic carbocycles. The minimum atomic E-state index is -0.490. The van der Waals surface area contributed by atoms with Crippen molar-refractivity contribution < 1.29 is 14.0 Å². The fourth-order valence-electron chi connectivity index (χ4n) is 2.58. The average molecular weight is 307 g/mol. The van der Waals surface area contributed by atoms with E-state index >= 15 is 0 Å². The summed E-state index contributed by atoms with van der Waals surface area (Å²) in [6.07, 6.45) is 3.36. The SMILES string of the molecule is CCNC(=O)NC(=O)CNC(c1ccc(F)cc1)C1CCC1. The van der Waals surface area contributed by atoms with Crippen molar-refractivity contribution in [3.05, 3.63) is 35.6 Å². The molecule has 0 bridgehead atoms. The quantitative estimate of drug-likeness (QED) is 0.754. The molecule has 5 nitrogen and oxygen atoms in total. The van der Waals surface area contributed by atoms with Crippen LogP contribution >= 0.6 is 0 Å². The first kappa shape index (κ1) is 16.4. The predicted molar refractivity (Wildman–Crippen MR) is 81.7 cm³/mol. The van der Waals surface area contributed by atoms with Gasteiger partial charge >= 0.3 is 6.03 Å². The molecule has 6 heteroatoms. The highest BCUT2D eigenvalue weighted by molar-refractivity contribution is 5.95. The van der Waals surface area contributed by atoms with E-state index < -0.39 is 6.03 Å². The third-order valence-electron chi connectivity index (χ3n) is 3.92. The zero-order chi connectivity index (χ0) is 15.9. The van der Waals surface area contributed by atoms with Crippen LogP contribution in [0.25, 0.3) is 0 Å². The van der Waals surface area contributed by atoms with Crippen molar-refractivity contribution >= 4 is 11.9 Å². The first-order valence-electron chi connectivity index (χ1n) is 7.66. The van der Waals surface area contributed by atoms with E-state index in [4.69, 9.17) is 0 Å². The molecule has 0 aliphatic heterocycles. The van der Waals surface area contributed by atoms with Gasteiger partial charge in [0.1, 0.15) is 5.82 Å². The van der Waals surface area contributed by atoms with E-state index in [0.29, 0.717) is 12.5 Å². The van der Waals surface area contributed by atoms with Crippen LogP contribution in [0, 0.1) is 11.7 Å². The molecule has 0 aromatic heterocycles. The van der Waals surface area contributed by atoms with Gasteiger partial charge in [0, 0.05) is 12.6 Å². The van der Waals surface area contributed by atoms with Crippen LogP contribution in [0.1, 0.15) is 37.8 Å². The molecule has 120 valence electrons. The molecule has 1 fully saturated rings. The molecule has 0 saturated heterocycles. The number of carbonyl (C=O) groups is 2. The third kappa shape index (κ3) is 4.53. The number of carbonyl (C=O) groups excluding carboxylic acids is 2. The molecule has 3 N–H and O–H groups in total. The Hall–Kier alpha value is -1.95. The Morgan fingerprint density at radius 1 is 1.27 bits per heavy atom. The molecule has 3 amide bonds. The van der Waals surface area contributed by atoms with Crippen LogP contribution in [0.3, 0.4) is 0 Å². The molecule has 22 heavy (non-hydrogen) atoms. The third-order valence-corrected chi connectivity index (χ3v) is 3.92. The zero-order valence-electron chi connectivity index (χ0n) is 12.7.